The molecule has 1 aliphatic rings. The van der Waals surface area contributed by atoms with Crippen molar-refractivity contribution in [3.63, 3.8) is 0 Å². The standard InChI is InChI=1S/C24H26ClN3O5/c1-4-33-23-22(31)28(24(32)27(23)14-17-8-6-5-7-9-17)20(13-16(3)29)21(30)26-19-12-15(2)10-11-18(19)25/h5-12,20,23H,4,13-14H2,1-3H3,(H,26,30). The molecule has 0 aliphatic carbocycles. The first-order valence-electron chi connectivity index (χ1n) is 10.6. The monoisotopic (exact) mass is 471 g/mol. The lowest BCUT2D eigenvalue weighted by atomic mass is 10.1. The number of benzene rings is 2. The fourth-order valence-corrected chi connectivity index (χ4v) is 3.81. The molecule has 2 atom stereocenters. The number of ketones is 1. The molecule has 4 amide bonds. The number of Topliss-reactive ketones (excluding diaryl/α,β-unsaturated/α-hetero) is 1. The third kappa shape index (κ3) is 5.58. The number of hydrogen-bond acceptors (Lipinski definition) is 5. The molecule has 0 bridgehead atoms. The zero-order valence-corrected chi connectivity index (χ0v) is 19.5. The molecule has 1 aliphatic heterocycles. The summed E-state index contributed by atoms with van der Waals surface area (Å²) >= 11 is 6.19. The first-order valence-corrected chi connectivity index (χ1v) is 11.0. The summed E-state index contributed by atoms with van der Waals surface area (Å²) in [5, 5.41) is 2.96. The molecule has 0 spiro atoms. The highest BCUT2D eigenvalue weighted by Gasteiger charge is 2.50. The Hall–Kier alpha value is -3.23. The smallest absolute Gasteiger partial charge is 0.330 e. The van der Waals surface area contributed by atoms with E-state index in [0.717, 1.165) is 16.0 Å². The maximum absolute atomic E-state index is 13.3. The van der Waals surface area contributed by atoms with Crippen molar-refractivity contribution in [2.45, 2.75) is 46.0 Å². The molecule has 1 fully saturated rings. The van der Waals surface area contributed by atoms with E-state index in [-0.39, 0.29) is 25.4 Å². The predicted octanol–water partition coefficient (Wildman–Crippen LogP) is 3.76. The summed E-state index contributed by atoms with van der Waals surface area (Å²) < 4.78 is 5.56. The number of rotatable bonds is 9. The fourth-order valence-electron chi connectivity index (χ4n) is 3.65. The lowest BCUT2D eigenvalue weighted by Gasteiger charge is -2.25. The third-order valence-electron chi connectivity index (χ3n) is 5.18. The number of aryl methyl sites for hydroxylation is 1. The van der Waals surface area contributed by atoms with Gasteiger partial charge < -0.3 is 10.1 Å². The number of nitrogens with zero attached hydrogens (tertiary/aromatic N) is 2. The van der Waals surface area contributed by atoms with Gasteiger partial charge in [0.15, 0.2) is 0 Å². The van der Waals surface area contributed by atoms with Gasteiger partial charge in [-0.3, -0.25) is 19.3 Å². The Bertz CT molecular complexity index is 1060. The van der Waals surface area contributed by atoms with Crippen molar-refractivity contribution in [3.05, 3.63) is 64.7 Å². The van der Waals surface area contributed by atoms with Crippen molar-refractivity contribution < 1.29 is 23.9 Å². The van der Waals surface area contributed by atoms with E-state index in [0.29, 0.717) is 10.7 Å². The molecule has 9 heteroatoms. The molecule has 1 N–H and O–H groups in total. The molecule has 1 saturated heterocycles. The number of hydrogen-bond donors (Lipinski definition) is 1. The Morgan fingerprint density at radius 1 is 1.15 bits per heavy atom. The number of carbonyl (C=O) groups excluding carboxylic acids is 4. The Balaban J connectivity index is 1.92. The van der Waals surface area contributed by atoms with Gasteiger partial charge in [0.2, 0.25) is 12.1 Å². The van der Waals surface area contributed by atoms with E-state index in [9.17, 15) is 19.2 Å². The van der Waals surface area contributed by atoms with Crippen molar-refractivity contribution in [3.8, 4) is 0 Å². The zero-order valence-electron chi connectivity index (χ0n) is 18.7. The van der Waals surface area contributed by atoms with Crippen molar-refractivity contribution in [1.29, 1.82) is 0 Å². The van der Waals surface area contributed by atoms with Gasteiger partial charge in [-0.05, 0) is 44.0 Å². The van der Waals surface area contributed by atoms with Crippen LogP contribution in [0, 0.1) is 6.92 Å². The second-order valence-corrected chi connectivity index (χ2v) is 8.21. The van der Waals surface area contributed by atoms with Crippen molar-refractivity contribution in [2.24, 2.45) is 0 Å². The quantitative estimate of drug-likeness (QED) is 0.562. The van der Waals surface area contributed by atoms with Gasteiger partial charge in [-0.2, -0.15) is 0 Å². The van der Waals surface area contributed by atoms with Crippen LogP contribution in [0.1, 0.15) is 31.4 Å². The van der Waals surface area contributed by atoms with E-state index in [4.69, 9.17) is 16.3 Å². The van der Waals surface area contributed by atoms with Gasteiger partial charge in [-0.1, -0.05) is 48.0 Å². The van der Waals surface area contributed by atoms with Crippen LogP contribution in [0.4, 0.5) is 10.5 Å². The van der Waals surface area contributed by atoms with Crippen LogP contribution in [0.5, 0.6) is 0 Å². The van der Waals surface area contributed by atoms with Crippen LogP contribution >= 0.6 is 11.6 Å². The lowest BCUT2D eigenvalue weighted by Crippen LogP contribution is -2.49. The van der Waals surface area contributed by atoms with Crippen molar-refractivity contribution >= 4 is 40.9 Å². The first-order chi connectivity index (χ1) is 15.7. The van der Waals surface area contributed by atoms with Crippen LogP contribution in [-0.2, 0) is 25.7 Å². The van der Waals surface area contributed by atoms with Gasteiger partial charge in [0.1, 0.15) is 11.8 Å². The summed E-state index contributed by atoms with van der Waals surface area (Å²) in [4.78, 5) is 53.8. The van der Waals surface area contributed by atoms with Crippen LogP contribution in [0.25, 0.3) is 0 Å². The molecule has 2 unspecified atom stereocenters. The Morgan fingerprint density at radius 2 is 1.85 bits per heavy atom. The highest BCUT2D eigenvalue weighted by atomic mass is 35.5. The number of halogens is 1. The van der Waals surface area contributed by atoms with Crippen LogP contribution < -0.4 is 5.32 Å². The number of amides is 4. The van der Waals surface area contributed by atoms with Crippen LogP contribution in [0.3, 0.4) is 0 Å². The molecule has 33 heavy (non-hydrogen) atoms. The molecule has 1 heterocycles. The molecule has 3 rings (SSSR count). The maximum Gasteiger partial charge on any atom is 0.330 e. The number of imide groups is 1. The summed E-state index contributed by atoms with van der Waals surface area (Å²) in [5.41, 5.74) is 1.98. The minimum absolute atomic E-state index is 0.116. The Labute approximate surface area is 197 Å². The molecular formula is C24H26ClN3O5. The average Bonchev–Trinajstić information content (AvgIpc) is 2.99. The number of urea groups is 1. The van der Waals surface area contributed by atoms with E-state index in [1.54, 1.807) is 25.1 Å². The molecule has 0 radical (unpaired) electrons. The first kappa shape index (κ1) is 24.4. The van der Waals surface area contributed by atoms with E-state index in [1.807, 2.05) is 37.3 Å². The lowest BCUT2D eigenvalue weighted by molar-refractivity contribution is -0.145. The summed E-state index contributed by atoms with van der Waals surface area (Å²) in [6.45, 7) is 5.14. The van der Waals surface area contributed by atoms with Gasteiger partial charge in [0.25, 0.3) is 5.91 Å². The van der Waals surface area contributed by atoms with Crippen molar-refractivity contribution in [1.82, 2.24) is 9.80 Å². The molecular weight excluding hydrogens is 446 g/mol. The summed E-state index contributed by atoms with van der Waals surface area (Å²) in [6, 6.07) is 12.2. The SMILES string of the molecule is CCOC1C(=O)N(C(CC(C)=O)C(=O)Nc2cc(C)ccc2Cl)C(=O)N1Cc1ccccc1. The second-order valence-electron chi connectivity index (χ2n) is 7.81. The normalized spacial score (nSPS) is 16.8. The van der Waals surface area contributed by atoms with E-state index in [1.165, 1.54) is 11.8 Å². The number of ether oxygens (including phenoxy) is 1. The van der Waals surface area contributed by atoms with Crippen LogP contribution in [0.2, 0.25) is 5.02 Å². The van der Waals surface area contributed by atoms with E-state index >= 15 is 0 Å². The molecule has 2 aromatic carbocycles. The van der Waals surface area contributed by atoms with Crippen molar-refractivity contribution in [2.75, 3.05) is 11.9 Å². The number of carbonyl (C=O) groups is 4. The van der Waals surface area contributed by atoms with Gasteiger partial charge in [0.05, 0.1) is 17.3 Å². The molecule has 0 saturated carbocycles. The van der Waals surface area contributed by atoms with E-state index < -0.39 is 30.1 Å². The maximum atomic E-state index is 13.3. The molecule has 0 aromatic heterocycles. The highest BCUT2D eigenvalue weighted by molar-refractivity contribution is 6.33. The second kappa shape index (κ2) is 10.6. The van der Waals surface area contributed by atoms with E-state index in [2.05, 4.69) is 5.32 Å². The molecule has 174 valence electrons. The van der Waals surface area contributed by atoms with Crippen LogP contribution in [0.15, 0.2) is 48.5 Å². The van der Waals surface area contributed by atoms with Gasteiger partial charge >= 0.3 is 6.03 Å². The largest absolute Gasteiger partial charge is 0.350 e. The fraction of sp³-hybridized carbons (Fsp3) is 0.333. The Kier molecular flexibility index (Phi) is 7.84. The number of nitrogens with one attached hydrogen (secondary N) is 1. The third-order valence-corrected chi connectivity index (χ3v) is 5.51. The number of anilines is 1. The van der Waals surface area contributed by atoms with Gasteiger partial charge in [-0.15, -0.1) is 0 Å². The summed E-state index contributed by atoms with van der Waals surface area (Å²) in [5.74, 6) is -1.72. The predicted molar refractivity (Wildman–Crippen MR) is 124 cm³/mol. The summed E-state index contributed by atoms with van der Waals surface area (Å²) in [6.07, 6.45) is -1.52. The van der Waals surface area contributed by atoms with Crippen LogP contribution in [-0.4, -0.2) is 52.3 Å². The highest BCUT2D eigenvalue weighted by Crippen LogP contribution is 2.27. The Morgan fingerprint density at radius 3 is 2.48 bits per heavy atom. The minimum Gasteiger partial charge on any atom is -0.350 e. The topological polar surface area (TPSA) is 96.0 Å². The molecule has 2 aromatic rings. The van der Waals surface area contributed by atoms with Gasteiger partial charge in [-0.25, -0.2) is 9.69 Å². The van der Waals surface area contributed by atoms with Gasteiger partial charge in [0, 0.05) is 13.0 Å². The average molecular weight is 472 g/mol. The minimum atomic E-state index is -1.34. The zero-order chi connectivity index (χ0) is 24.1. The summed E-state index contributed by atoms with van der Waals surface area (Å²) in [7, 11) is 0. The molecule has 8 nitrogen and oxygen atoms in total.